The second-order valence-electron chi connectivity index (χ2n) is 9.81. The summed E-state index contributed by atoms with van der Waals surface area (Å²) >= 11 is 0. The number of amidine groups is 1. The maximum Gasteiger partial charge on any atom is 0.253 e. The molecule has 2 N–H and O–H groups in total. The van der Waals surface area contributed by atoms with Gasteiger partial charge in [-0.3, -0.25) is 9.69 Å². The van der Waals surface area contributed by atoms with Crippen LogP contribution in [0.2, 0.25) is 0 Å². The lowest BCUT2D eigenvalue weighted by Gasteiger charge is -2.32. The number of benzene rings is 2. The first-order chi connectivity index (χ1) is 17.0. The molecule has 0 bridgehead atoms. The van der Waals surface area contributed by atoms with Gasteiger partial charge in [-0.25, -0.2) is 4.99 Å². The van der Waals surface area contributed by atoms with Crippen LogP contribution in [0.4, 0.5) is 5.69 Å². The molecule has 6 nitrogen and oxygen atoms in total. The van der Waals surface area contributed by atoms with Gasteiger partial charge in [0.25, 0.3) is 5.91 Å². The summed E-state index contributed by atoms with van der Waals surface area (Å²) in [5.74, 6) is 0.773. The summed E-state index contributed by atoms with van der Waals surface area (Å²) in [5, 5.41) is 0. The highest BCUT2D eigenvalue weighted by Crippen LogP contribution is 2.32. The number of carbonyl (C=O) groups is 1. The first-order valence-electron chi connectivity index (χ1n) is 12.9. The van der Waals surface area contributed by atoms with E-state index in [-0.39, 0.29) is 5.91 Å². The van der Waals surface area contributed by atoms with Gasteiger partial charge >= 0.3 is 0 Å². The van der Waals surface area contributed by atoms with Gasteiger partial charge in [-0.2, -0.15) is 0 Å². The Bertz CT molecular complexity index is 1070. The molecule has 186 valence electrons. The van der Waals surface area contributed by atoms with Crippen LogP contribution in [0, 0.1) is 0 Å². The van der Waals surface area contributed by atoms with Gasteiger partial charge in [-0.1, -0.05) is 44.2 Å². The van der Waals surface area contributed by atoms with Crippen molar-refractivity contribution in [1.82, 2.24) is 14.7 Å². The van der Waals surface area contributed by atoms with Crippen molar-refractivity contribution < 1.29 is 4.79 Å². The van der Waals surface area contributed by atoms with Crippen molar-refractivity contribution in [3.05, 3.63) is 59.2 Å². The molecule has 0 saturated carbocycles. The Morgan fingerprint density at radius 3 is 2.29 bits per heavy atom. The lowest BCUT2D eigenvalue weighted by atomic mass is 9.99. The summed E-state index contributed by atoms with van der Waals surface area (Å²) in [7, 11) is 2.10. The van der Waals surface area contributed by atoms with Crippen molar-refractivity contribution in [1.29, 1.82) is 0 Å². The van der Waals surface area contributed by atoms with Crippen LogP contribution in [0.15, 0.2) is 53.0 Å². The number of carbonyl (C=O) groups excluding carboxylic acids is 1. The molecule has 6 heteroatoms. The van der Waals surface area contributed by atoms with Crippen molar-refractivity contribution in [2.75, 3.05) is 52.9 Å². The molecule has 2 aromatic carbocycles. The van der Waals surface area contributed by atoms with Crippen molar-refractivity contribution in [2.24, 2.45) is 10.7 Å². The Morgan fingerprint density at radius 1 is 0.971 bits per heavy atom. The van der Waals surface area contributed by atoms with E-state index in [9.17, 15) is 4.79 Å². The molecule has 0 aliphatic carbocycles. The van der Waals surface area contributed by atoms with E-state index in [2.05, 4.69) is 55.0 Å². The second kappa shape index (κ2) is 11.6. The minimum atomic E-state index is 0.113. The van der Waals surface area contributed by atoms with Crippen molar-refractivity contribution in [3.8, 4) is 11.1 Å². The van der Waals surface area contributed by atoms with E-state index >= 15 is 0 Å². The molecular weight excluding hydrogens is 434 g/mol. The second-order valence-corrected chi connectivity index (χ2v) is 9.81. The number of nitrogens with two attached hydrogens (primary N) is 1. The molecule has 2 aromatic rings. The molecule has 4 rings (SSSR count). The molecule has 2 heterocycles. The van der Waals surface area contributed by atoms with E-state index in [1.807, 2.05) is 29.2 Å². The third-order valence-electron chi connectivity index (χ3n) is 6.82. The van der Waals surface area contributed by atoms with Gasteiger partial charge in [0.2, 0.25) is 0 Å². The van der Waals surface area contributed by atoms with Crippen molar-refractivity contribution >= 4 is 23.5 Å². The fourth-order valence-corrected chi connectivity index (χ4v) is 4.93. The van der Waals surface area contributed by atoms with Gasteiger partial charge in [-0.05, 0) is 67.9 Å². The van der Waals surface area contributed by atoms with E-state index in [4.69, 9.17) is 10.7 Å². The zero-order chi connectivity index (χ0) is 24.8. The summed E-state index contributed by atoms with van der Waals surface area (Å²) in [4.78, 5) is 24.3. The highest BCUT2D eigenvalue weighted by atomic mass is 16.2. The first kappa shape index (κ1) is 25.1. The van der Waals surface area contributed by atoms with Crippen LogP contribution >= 0.6 is 0 Å². The molecule has 2 aliphatic heterocycles. The van der Waals surface area contributed by atoms with Crippen molar-refractivity contribution in [3.63, 3.8) is 0 Å². The predicted octanol–water partition coefficient (Wildman–Crippen LogP) is 4.64. The van der Waals surface area contributed by atoms with E-state index in [1.54, 1.807) is 0 Å². The fraction of sp³-hybridized carbons (Fsp3) is 0.448. The Morgan fingerprint density at radius 2 is 1.63 bits per heavy atom. The third-order valence-corrected chi connectivity index (χ3v) is 6.82. The number of piperazine rings is 1. The summed E-state index contributed by atoms with van der Waals surface area (Å²) in [6.45, 7) is 11.0. The SMILES string of the molecule is CCCN(CCC)CC1=Cc2ccc(-c3ccc(C(=O)N4CCN(C)CC4)cc3)cc2N=C(N)C1. The predicted molar refractivity (Wildman–Crippen MR) is 146 cm³/mol. The Balaban J connectivity index is 1.52. The molecular formula is C29H39N5O. The molecule has 0 radical (unpaired) electrons. The van der Waals surface area contributed by atoms with Crippen LogP contribution < -0.4 is 5.73 Å². The zero-order valence-corrected chi connectivity index (χ0v) is 21.5. The molecule has 1 saturated heterocycles. The van der Waals surface area contributed by atoms with Gasteiger partial charge in [0.15, 0.2) is 0 Å². The lowest BCUT2D eigenvalue weighted by molar-refractivity contribution is 0.0664. The number of amides is 1. The van der Waals surface area contributed by atoms with E-state index in [0.717, 1.165) is 86.6 Å². The summed E-state index contributed by atoms with van der Waals surface area (Å²) in [6.07, 6.45) is 5.27. The zero-order valence-electron chi connectivity index (χ0n) is 21.5. The van der Waals surface area contributed by atoms with Gasteiger partial charge in [0, 0.05) is 50.3 Å². The Labute approximate surface area is 210 Å². The molecule has 0 atom stereocenters. The van der Waals surface area contributed by atoms with E-state index in [0.29, 0.717) is 12.3 Å². The minimum Gasteiger partial charge on any atom is -0.387 e. The highest BCUT2D eigenvalue weighted by molar-refractivity contribution is 5.95. The van der Waals surface area contributed by atoms with Crippen LogP contribution in [0.1, 0.15) is 49.0 Å². The number of hydrogen-bond donors (Lipinski definition) is 1. The number of fused-ring (bicyclic) bond motifs is 1. The van der Waals surface area contributed by atoms with E-state index < -0.39 is 0 Å². The molecule has 0 spiro atoms. The monoisotopic (exact) mass is 473 g/mol. The maximum absolute atomic E-state index is 12.9. The van der Waals surface area contributed by atoms with Gasteiger partial charge in [-0.15, -0.1) is 0 Å². The molecule has 0 aromatic heterocycles. The van der Waals surface area contributed by atoms with Crippen molar-refractivity contribution in [2.45, 2.75) is 33.1 Å². The normalized spacial score (nSPS) is 16.5. The first-order valence-corrected chi connectivity index (χ1v) is 12.9. The van der Waals surface area contributed by atoms with Crippen LogP contribution in [0.3, 0.4) is 0 Å². The fourth-order valence-electron chi connectivity index (χ4n) is 4.93. The molecule has 1 fully saturated rings. The molecule has 0 unspecified atom stereocenters. The van der Waals surface area contributed by atoms with Gasteiger partial charge in [0.1, 0.15) is 5.84 Å². The minimum absolute atomic E-state index is 0.113. The largest absolute Gasteiger partial charge is 0.387 e. The quantitative estimate of drug-likeness (QED) is 0.607. The number of likely N-dealkylation sites (N-methyl/N-ethyl adjacent to an activating group) is 1. The lowest BCUT2D eigenvalue weighted by Crippen LogP contribution is -2.47. The average Bonchev–Trinajstić information content (AvgIpc) is 3.01. The molecule has 2 aliphatic rings. The summed E-state index contributed by atoms with van der Waals surface area (Å²) in [6, 6.07) is 14.3. The van der Waals surface area contributed by atoms with Crippen LogP contribution in [0.25, 0.3) is 17.2 Å². The maximum atomic E-state index is 12.9. The standard InChI is InChI=1S/C29H39N5O/c1-4-12-33(13-5-2)21-22-18-26-11-10-25(20-27(26)31-28(30)19-22)23-6-8-24(9-7-23)29(35)34-16-14-32(3)15-17-34/h6-11,18,20H,4-5,12-17,19,21H2,1-3H3,(H2,30,31). The number of aliphatic imine (C=N–C) groups is 1. The topological polar surface area (TPSA) is 65.2 Å². The Hall–Kier alpha value is -2.96. The van der Waals surface area contributed by atoms with Gasteiger partial charge in [0.05, 0.1) is 5.69 Å². The summed E-state index contributed by atoms with van der Waals surface area (Å²) < 4.78 is 0. The van der Waals surface area contributed by atoms with Gasteiger partial charge < -0.3 is 15.5 Å². The molecule has 35 heavy (non-hydrogen) atoms. The average molecular weight is 474 g/mol. The Kier molecular flexibility index (Phi) is 8.37. The van der Waals surface area contributed by atoms with Crippen LogP contribution in [-0.4, -0.2) is 79.3 Å². The number of rotatable bonds is 8. The molecule has 1 amide bonds. The highest BCUT2D eigenvalue weighted by Gasteiger charge is 2.20. The number of nitrogens with zero attached hydrogens (tertiary/aromatic N) is 4. The smallest absolute Gasteiger partial charge is 0.253 e. The van der Waals surface area contributed by atoms with Crippen LogP contribution in [-0.2, 0) is 0 Å². The third kappa shape index (κ3) is 6.38. The van der Waals surface area contributed by atoms with Crippen LogP contribution in [0.5, 0.6) is 0 Å². The van der Waals surface area contributed by atoms with E-state index in [1.165, 1.54) is 5.57 Å². The number of hydrogen-bond acceptors (Lipinski definition) is 5. The summed E-state index contributed by atoms with van der Waals surface area (Å²) in [5.41, 5.74) is 12.6.